The van der Waals surface area contributed by atoms with Crippen molar-refractivity contribution in [3.8, 4) is 0 Å². The van der Waals surface area contributed by atoms with E-state index in [1.54, 1.807) is 0 Å². The van der Waals surface area contributed by atoms with E-state index >= 15 is 0 Å². The van der Waals surface area contributed by atoms with Gasteiger partial charge in [-0.25, -0.2) is 0 Å². The lowest BCUT2D eigenvalue weighted by Crippen LogP contribution is -2.43. The van der Waals surface area contributed by atoms with Crippen molar-refractivity contribution in [3.63, 3.8) is 0 Å². The molecular formula is C13H16O2. The highest BCUT2D eigenvalue weighted by Gasteiger charge is 2.47. The maximum Gasteiger partial charge on any atom is 0.316 e. The van der Waals surface area contributed by atoms with Crippen LogP contribution in [0, 0.1) is 6.92 Å². The third kappa shape index (κ3) is 1.44. The molecule has 0 N–H and O–H groups in total. The number of esters is 1. The second kappa shape index (κ2) is 3.69. The topological polar surface area (TPSA) is 26.3 Å². The van der Waals surface area contributed by atoms with Crippen molar-refractivity contribution in [2.75, 3.05) is 7.11 Å². The quantitative estimate of drug-likeness (QED) is 0.692. The molecule has 0 amide bonds. The van der Waals surface area contributed by atoms with Crippen molar-refractivity contribution < 1.29 is 9.53 Å². The first-order valence-electron chi connectivity index (χ1n) is 5.35. The fourth-order valence-corrected chi connectivity index (χ4v) is 2.42. The summed E-state index contributed by atoms with van der Waals surface area (Å²) in [4.78, 5) is 11.8. The first kappa shape index (κ1) is 10.2. The number of hydrogen-bond acceptors (Lipinski definition) is 2. The molecule has 2 heteroatoms. The van der Waals surface area contributed by atoms with Crippen molar-refractivity contribution in [3.05, 3.63) is 35.4 Å². The lowest BCUT2D eigenvalue weighted by atomic mass is 9.63. The molecule has 2 nitrogen and oxygen atoms in total. The summed E-state index contributed by atoms with van der Waals surface area (Å²) < 4.78 is 4.93. The molecule has 2 rings (SSSR count). The highest BCUT2D eigenvalue weighted by molar-refractivity contribution is 5.84. The van der Waals surface area contributed by atoms with Crippen LogP contribution in [0.4, 0.5) is 0 Å². The van der Waals surface area contributed by atoms with E-state index in [1.165, 1.54) is 12.7 Å². The normalized spacial score (nSPS) is 18.0. The van der Waals surface area contributed by atoms with E-state index in [-0.39, 0.29) is 11.4 Å². The molecule has 0 saturated heterocycles. The Balaban J connectivity index is 2.43. The summed E-state index contributed by atoms with van der Waals surface area (Å²) in [5, 5.41) is 0. The van der Waals surface area contributed by atoms with E-state index in [0.717, 1.165) is 24.8 Å². The van der Waals surface area contributed by atoms with Crippen molar-refractivity contribution in [1.82, 2.24) is 0 Å². The molecule has 0 aromatic heterocycles. The Morgan fingerprint density at radius 3 is 2.47 bits per heavy atom. The van der Waals surface area contributed by atoms with Gasteiger partial charge in [-0.2, -0.15) is 0 Å². The number of aryl methyl sites for hydroxylation is 1. The van der Waals surface area contributed by atoms with Gasteiger partial charge in [0.15, 0.2) is 0 Å². The van der Waals surface area contributed by atoms with E-state index in [9.17, 15) is 4.79 Å². The Morgan fingerprint density at radius 2 is 2.00 bits per heavy atom. The summed E-state index contributed by atoms with van der Waals surface area (Å²) in [6.45, 7) is 2.05. The van der Waals surface area contributed by atoms with E-state index in [0.29, 0.717) is 0 Å². The van der Waals surface area contributed by atoms with E-state index in [4.69, 9.17) is 4.74 Å². The molecular weight excluding hydrogens is 188 g/mol. The molecule has 1 aromatic carbocycles. The average molecular weight is 204 g/mol. The SMILES string of the molecule is COC(=O)C1(c2ccccc2C)CCC1. The van der Waals surface area contributed by atoms with Gasteiger partial charge in [-0.3, -0.25) is 4.79 Å². The predicted octanol–water partition coefficient (Wildman–Crippen LogP) is 2.59. The summed E-state index contributed by atoms with van der Waals surface area (Å²) in [7, 11) is 1.47. The highest BCUT2D eigenvalue weighted by atomic mass is 16.5. The number of benzene rings is 1. The van der Waals surface area contributed by atoms with Crippen LogP contribution in [0.2, 0.25) is 0 Å². The fourth-order valence-electron chi connectivity index (χ4n) is 2.42. The van der Waals surface area contributed by atoms with Crippen molar-refractivity contribution in [2.45, 2.75) is 31.6 Å². The van der Waals surface area contributed by atoms with Crippen molar-refractivity contribution >= 4 is 5.97 Å². The molecule has 1 aliphatic carbocycles. The maximum absolute atomic E-state index is 11.8. The Kier molecular flexibility index (Phi) is 2.51. The summed E-state index contributed by atoms with van der Waals surface area (Å²) in [5.41, 5.74) is 1.98. The highest BCUT2D eigenvalue weighted by Crippen LogP contribution is 2.45. The molecule has 15 heavy (non-hydrogen) atoms. The molecule has 0 bridgehead atoms. The van der Waals surface area contributed by atoms with E-state index in [1.807, 2.05) is 18.2 Å². The van der Waals surface area contributed by atoms with Crippen LogP contribution in [0.5, 0.6) is 0 Å². The van der Waals surface area contributed by atoms with Crippen LogP contribution in [0.1, 0.15) is 30.4 Å². The number of methoxy groups -OCH3 is 1. The Hall–Kier alpha value is -1.31. The fraction of sp³-hybridized carbons (Fsp3) is 0.462. The molecule has 0 radical (unpaired) electrons. The second-order valence-corrected chi connectivity index (χ2v) is 4.24. The van der Waals surface area contributed by atoms with Crippen LogP contribution in [0.3, 0.4) is 0 Å². The number of carbonyl (C=O) groups is 1. The lowest BCUT2D eigenvalue weighted by Gasteiger charge is -2.40. The van der Waals surface area contributed by atoms with Gasteiger partial charge in [0.1, 0.15) is 0 Å². The van der Waals surface area contributed by atoms with E-state index < -0.39 is 0 Å². The number of hydrogen-bond donors (Lipinski definition) is 0. The van der Waals surface area contributed by atoms with Crippen LogP contribution in [0.15, 0.2) is 24.3 Å². The largest absolute Gasteiger partial charge is 0.468 e. The summed E-state index contributed by atoms with van der Waals surface area (Å²) in [6, 6.07) is 8.09. The third-order valence-electron chi connectivity index (χ3n) is 3.44. The Bertz CT molecular complexity index is 378. The van der Waals surface area contributed by atoms with Gasteiger partial charge in [-0.15, -0.1) is 0 Å². The summed E-state index contributed by atoms with van der Waals surface area (Å²) in [6.07, 6.45) is 2.96. The second-order valence-electron chi connectivity index (χ2n) is 4.24. The predicted molar refractivity (Wildman–Crippen MR) is 58.7 cm³/mol. The van der Waals surface area contributed by atoms with Gasteiger partial charge < -0.3 is 4.74 Å². The van der Waals surface area contributed by atoms with Crippen LogP contribution < -0.4 is 0 Å². The van der Waals surface area contributed by atoms with Crippen molar-refractivity contribution in [2.24, 2.45) is 0 Å². The molecule has 80 valence electrons. The van der Waals surface area contributed by atoms with Crippen LogP contribution in [0.25, 0.3) is 0 Å². The molecule has 0 aliphatic heterocycles. The zero-order valence-corrected chi connectivity index (χ0v) is 9.25. The third-order valence-corrected chi connectivity index (χ3v) is 3.44. The minimum absolute atomic E-state index is 0.0805. The first-order chi connectivity index (χ1) is 7.20. The van der Waals surface area contributed by atoms with Crippen LogP contribution in [-0.2, 0) is 14.9 Å². The summed E-state index contributed by atoms with van der Waals surface area (Å²) in [5.74, 6) is -0.0805. The molecule has 0 unspecified atom stereocenters. The van der Waals surface area contributed by atoms with Crippen LogP contribution >= 0.6 is 0 Å². The van der Waals surface area contributed by atoms with E-state index in [2.05, 4.69) is 13.0 Å². The van der Waals surface area contributed by atoms with Gasteiger partial charge in [0.05, 0.1) is 12.5 Å². The maximum atomic E-state index is 11.8. The first-order valence-corrected chi connectivity index (χ1v) is 5.35. The lowest BCUT2D eigenvalue weighted by molar-refractivity contribution is -0.151. The number of ether oxygens (including phenoxy) is 1. The zero-order valence-electron chi connectivity index (χ0n) is 9.25. The average Bonchev–Trinajstić information content (AvgIpc) is 2.19. The standard InChI is InChI=1S/C13H16O2/c1-10-6-3-4-7-11(10)13(8-5-9-13)12(14)15-2/h3-4,6-7H,5,8-9H2,1-2H3. The van der Waals surface area contributed by atoms with Gasteiger partial charge in [-0.05, 0) is 30.9 Å². The number of rotatable bonds is 2. The monoisotopic (exact) mass is 204 g/mol. The molecule has 0 heterocycles. The Labute approximate surface area is 90.3 Å². The molecule has 1 aliphatic rings. The Morgan fingerprint density at radius 1 is 1.33 bits per heavy atom. The molecule has 0 spiro atoms. The molecule has 0 atom stereocenters. The minimum atomic E-state index is -0.347. The van der Waals surface area contributed by atoms with Crippen molar-refractivity contribution in [1.29, 1.82) is 0 Å². The van der Waals surface area contributed by atoms with Gasteiger partial charge in [0, 0.05) is 0 Å². The minimum Gasteiger partial charge on any atom is -0.468 e. The molecule has 1 aromatic rings. The van der Waals surface area contributed by atoms with Gasteiger partial charge >= 0.3 is 5.97 Å². The molecule has 1 saturated carbocycles. The summed E-state index contributed by atoms with van der Waals surface area (Å²) >= 11 is 0. The number of carbonyl (C=O) groups excluding carboxylic acids is 1. The molecule has 1 fully saturated rings. The smallest absolute Gasteiger partial charge is 0.316 e. The van der Waals surface area contributed by atoms with Gasteiger partial charge in [0.2, 0.25) is 0 Å². The van der Waals surface area contributed by atoms with Gasteiger partial charge in [-0.1, -0.05) is 30.7 Å². The van der Waals surface area contributed by atoms with Gasteiger partial charge in [0.25, 0.3) is 0 Å². The van der Waals surface area contributed by atoms with Crippen LogP contribution in [-0.4, -0.2) is 13.1 Å². The zero-order chi connectivity index (χ0) is 10.9.